The summed E-state index contributed by atoms with van der Waals surface area (Å²) in [5.74, 6) is -0.576. The van der Waals surface area contributed by atoms with Gasteiger partial charge in [-0.3, -0.25) is 0 Å². The summed E-state index contributed by atoms with van der Waals surface area (Å²) in [6.45, 7) is 10.8. The number of nitrogens with zero attached hydrogens (tertiary/aromatic N) is 2. The van der Waals surface area contributed by atoms with Crippen LogP contribution in [0.2, 0.25) is 0 Å². The van der Waals surface area contributed by atoms with E-state index < -0.39 is 5.79 Å². The molecule has 1 aromatic carbocycles. The molecule has 4 heteroatoms. The fourth-order valence-corrected chi connectivity index (χ4v) is 3.16. The molecule has 130 valence electrons. The number of ether oxygens (including phenoxy) is 2. The molecule has 0 atom stereocenters. The Morgan fingerprint density at radius 3 is 2.54 bits per heavy atom. The van der Waals surface area contributed by atoms with Crippen molar-refractivity contribution in [2.75, 3.05) is 13.2 Å². The molecule has 0 saturated carbocycles. The summed E-state index contributed by atoms with van der Waals surface area (Å²) >= 11 is 0. The van der Waals surface area contributed by atoms with Crippen LogP contribution in [0, 0.1) is 19.3 Å². The van der Waals surface area contributed by atoms with Crippen LogP contribution >= 0.6 is 0 Å². The van der Waals surface area contributed by atoms with Crippen LogP contribution in [0.1, 0.15) is 37.0 Å². The minimum absolute atomic E-state index is 0.0677. The standard InChI is InChI=1S/C20H28N2O2/c1-16-5-6-18(17(2)11-16)7-8-20(12-22-10-9-21-15-22)23-13-19(3,4)14-24-20/h5-6,9-11,15H,7-8,12-14H2,1-4H3. The van der Waals surface area contributed by atoms with E-state index in [0.29, 0.717) is 19.8 Å². The molecule has 0 aliphatic carbocycles. The number of hydrogen-bond acceptors (Lipinski definition) is 3. The third-order valence-electron chi connectivity index (χ3n) is 4.71. The number of rotatable bonds is 5. The van der Waals surface area contributed by atoms with Crippen molar-refractivity contribution in [3.05, 3.63) is 53.6 Å². The molecule has 1 aromatic heterocycles. The highest BCUT2D eigenvalue weighted by Gasteiger charge is 2.40. The fraction of sp³-hybridized carbons (Fsp3) is 0.550. The normalized spacial score (nSPS) is 19.3. The second-order valence-corrected chi connectivity index (χ2v) is 7.82. The zero-order chi connectivity index (χ0) is 17.2. The molecular weight excluding hydrogens is 300 g/mol. The van der Waals surface area contributed by atoms with Gasteiger partial charge in [0.25, 0.3) is 0 Å². The molecule has 0 radical (unpaired) electrons. The summed E-state index contributed by atoms with van der Waals surface area (Å²) in [6, 6.07) is 6.64. The van der Waals surface area contributed by atoms with Crippen molar-refractivity contribution in [3.8, 4) is 0 Å². The Kier molecular flexibility index (Phi) is 4.79. The van der Waals surface area contributed by atoms with E-state index in [0.717, 1.165) is 12.8 Å². The summed E-state index contributed by atoms with van der Waals surface area (Å²) in [5.41, 5.74) is 4.07. The van der Waals surface area contributed by atoms with Gasteiger partial charge in [0.2, 0.25) is 0 Å². The van der Waals surface area contributed by atoms with Crippen LogP contribution in [0.4, 0.5) is 0 Å². The first-order chi connectivity index (χ1) is 11.4. The van der Waals surface area contributed by atoms with Crippen LogP contribution in [0.15, 0.2) is 36.9 Å². The fourth-order valence-electron chi connectivity index (χ4n) is 3.16. The Labute approximate surface area is 144 Å². The number of aromatic nitrogens is 2. The lowest BCUT2D eigenvalue weighted by molar-refractivity contribution is -0.307. The molecule has 24 heavy (non-hydrogen) atoms. The van der Waals surface area contributed by atoms with Gasteiger partial charge in [-0.25, -0.2) is 4.98 Å². The highest BCUT2D eigenvalue weighted by atomic mass is 16.7. The lowest BCUT2D eigenvalue weighted by atomic mass is 9.93. The first kappa shape index (κ1) is 17.2. The Morgan fingerprint density at radius 1 is 1.17 bits per heavy atom. The molecule has 3 rings (SSSR count). The summed E-state index contributed by atoms with van der Waals surface area (Å²) in [4.78, 5) is 4.14. The quantitative estimate of drug-likeness (QED) is 0.835. The topological polar surface area (TPSA) is 36.3 Å². The zero-order valence-corrected chi connectivity index (χ0v) is 15.2. The lowest BCUT2D eigenvalue weighted by Crippen LogP contribution is -2.50. The Bertz CT molecular complexity index is 667. The van der Waals surface area contributed by atoms with Gasteiger partial charge in [0.05, 0.1) is 26.1 Å². The Morgan fingerprint density at radius 2 is 1.92 bits per heavy atom. The number of aryl methyl sites for hydroxylation is 3. The van der Waals surface area contributed by atoms with Crippen molar-refractivity contribution in [2.45, 2.75) is 52.9 Å². The molecule has 2 aromatic rings. The highest BCUT2D eigenvalue weighted by Crippen LogP contribution is 2.34. The van der Waals surface area contributed by atoms with Crippen LogP contribution in [-0.4, -0.2) is 28.6 Å². The summed E-state index contributed by atoms with van der Waals surface area (Å²) < 4.78 is 14.6. The lowest BCUT2D eigenvalue weighted by Gasteiger charge is -2.43. The predicted octanol–water partition coefficient (Wildman–Crippen LogP) is 3.90. The molecule has 0 unspecified atom stereocenters. The van der Waals surface area contributed by atoms with Gasteiger partial charge in [-0.05, 0) is 31.4 Å². The number of benzene rings is 1. The molecule has 0 amide bonds. The first-order valence-corrected chi connectivity index (χ1v) is 8.67. The van der Waals surface area contributed by atoms with E-state index in [2.05, 4.69) is 50.9 Å². The van der Waals surface area contributed by atoms with Gasteiger partial charge in [-0.15, -0.1) is 0 Å². The van der Waals surface area contributed by atoms with Crippen molar-refractivity contribution in [2.24, 2.45) is 5.41 Å². The number of imidazole rings is 1. The molecule has 2 heterocycles. The molecule has 1 aliphatic heterocycles. The smallest absolute Gasteiger partial charge is 0.186 e. The van der Waals surface area contributed by atoms with E-state index >= 15 is 0 Å². The minimum Gasteiger partial charge on any atom is -0.348 e. The van der Waals surface area contributed by atoms with Crippen LogP contribution in [-0.2, 0) is 22.4 Å². The Hall–Kier alpha value is -1.65. The predicted molar refractivity (Wildman–Crippen MR) is 94.9 cm³/mol. The van der Waals surface area contributed by atoms with E-state index in [1.807, 2.05) is 17.1 Å². The monoisotopic (exact) mass is 328 g/mol. The maximum Gasteiger partial charge on any atom is 0.186 e. The van der Waals surface area contributed by atoms with Crippen LogP contribution in [0.3, 0.4) is 0 Å². The maximum atomic E-state index is 6.27. The largest absolute Gasteiger partial charge is 0.348 e. The van der Waals surface area contributed by atoms with E-state index in [-0.39, 0.29) is 5.41 Å². The van der Waals surface area contributed by atoms with E-state index in [4.69, 9.17) is 9.47 Å². The first-order valence-electron chi connectivity index (χ1n) is 8.67. The van der Waals surface area contributed by atoms with Crippen LogP contribution in [0.25, 0.3) is 0 Å². The second-order valence-electron chi connectivity index (χ2n) is 7.82. The molecule has 0 bridgehead atoms. The third kappa shape index (κ3) is 4.05. The molecule has 0 spiro atoms. The zero-order valence-electron chi connectivity index (χ0n) is 15.2. The molecule has 1 saturated heterocycles. The van der Waals surface area contributed by atoms with Gasteiger partial charge in [0.1, 0.15) is 0 Å². The van der Waals surface area contributed by atoms with Crippen molar-refractivity contribution >= 4 is 0 Å². The maximum absolute atomic E-state index is 6.27. The van der Waals surface area contributed by atoms with Gasteiger partial charge in [-0.1, -0.05) is 37.6 Å². The SMILES string of the molecule is Cc1ccc(CCC2(Cn3ccnc3)OCC(C)(C)CO2)c(C)c1. The number of hydrogen-bond donors (Lipinski definition) is 0. The van der Waals surface area contributed by atoms with E-state index in [1.54, 1.807) is 6.20 Å². The van der Waals surface area contributed by atoms with Crippen molar-refractivity contribution in [1.82, 2.24) is 9.55 Å². The van der Waals surface area contributed by atoms with Crippen molar-refractivity contribution in [1.29, 1.82) is 0 Å². The van der Waals surface area contributed by atoms with Crippen LogP contribution < -0.4 is 0 Å². The minimum atomic E-state index is -0.576. The van der Waals surface area contributed by atoms with Gasteiger partial charge < -0.3 is 14.0 Å². The summed E-state index contributed by atoms with van der Waals surface area (Å²) in [6.07, 6.45) is 7.37. The van der Waals surface area contributed by atoms with Gasteiger partial charge in [0, 0.05) is 24.2 Å². The summed E-state index contributed by atoms with van der Waals surface area (Å²) in [5, 5.41) is 0. The summed E-state index contributed by atoms with van der Waals surface area (Å²) in [7, 11) is 0. The van der Waals surface area contributed by atoms with Crippen molar-refractivity contribution in [3.63, 3.8) is 0 Å². The van der Waals surface area contributed by atoms with Gasteiger partial charge in [-0.2, -0.15) is 0 Å². The van der Waals surface area contributed by atoms with Gasteiger partial charge >= 0.3 is 0 Å². The molecule has 0 N–H and O–H groups in total. The van der Waals surface area contributed by atoms with E-state index in [9.17, 15) is 0 Å². The third-order valence-corrected chi connectivity index (χ3v) is 4.71. The highest BCUT2D eigenvalue weighted by molar-refractivity contribution is 5.30. The van der Waals surface area contributed by atoms with Crippen LogP contribution in [0.5, 0.6) is 0 Å². The van der Waals surface area contributed by atoms with E-state index in [1.165, 1.54) is 16.7 Å². The molecule has 1 fully saturated rings. The average Bonchev–Trinajstić information content (AvgIpc) is 3.02. The van der Waals surface area contributed by atoms with Gasteiger partial charge in [0.15, 0.2) is 5.79 Å². The average molecular weight is 328 g/mol. The molecule has 4 nitrogen and oxygen atoms in total. The second kappa shape index (κ2) is 6.69. The van der Waals surface area contributed by atoms with Crippen molar-refractivity contribution < 1.29 is 9.47 Å². The Balaban J connectivity index is 1.75. The molecule has 1 aliphatic rings. The molecular formula is C20H28N2O2.